The Morgan fingerprint density at radius 3 is 1.85 bits per heavy atom. The molecule has 2 heteroatoms. The van der Waals surface area contributed by atoms with Crippen molar-refractivity contribution in [3.63, 3.8) is 0 Å². The number of benzene rings is 7. The molecule has 0 saturated heterocycles. The first-order valence-electron chi connectivity index (χ1n) is 18.7. The summed E-state index contributed by atoms with van der Waals surface area (Å²) in [5.74, 6) is 0. The minimum absolute atomic E-state index is 0.0830. The van der Waals surface area contributed by atoms with Gasteiger partial charge >= 0.3 is 0 Å². The van der Waals surface area contributed by atoms with E-state index >= 15 is 0 Å². The van der Waals surface area contributed by atoms with Gasteiger partial charge in [-0.2, -0.15) is 0 Å². The molecule has 8 aromatic rings. The van der Waals surface area contributed by atoms with Crippen molar-refractivity contribution >= 4 is 38.9 Å². The summed E-state index contributed by atoms with van der Waals surface area (Å²) in [6, 6.07) is 60.7. The second-order valence-corrected chi connectivity index (χ2v) is 14.9. The average molecular weight is 681 g/mol. The van der Waals surface area contributed by atoms with Crippen molar-refractivity contribution in [3.05, 3.63) is 199 Å². The van der Waals surface area contributed by atoms with Gasteiger partial charge in [0.25, 0.3) is 0 Å². The van der Waals surface area contributed by atoms with Crippen molar-refractivity contribution in [1.29, 1.82) is 0 Å². The fourth-order valence-corrected chi connectivity index (χ4v) is 8.81. The van der Waals surface area contributed by atoms with Crippen LogP contribution in [0.25, 0.3) is 55.2 Å². The maximum atomic E-state index is 2.51. The maximum Gasteiger partial charge on any atom is 0.0560 e. The number of aromatic nitrogens is 1. The average Bonchev–Trinajstić information content (AvgIpc) is 3.67. The van der Waals surface area contributed by atoms with E-state index in [9.17, 15) is 0 Å². The molecule has 0 saturated carbocycles. The lowest BCUT2D eigenvalue weighted by atomic mass is 9.82. The third-order valence-corrected chi connectivity index (χ3v) is 11.5. The van der Waals surface area contributed by atoms with Crippen LogP contribution in [-0.4, -0.2) is 4.57 Å². The molecule has 1 unspecified atom stereocenters. The lowest BCUT2D eigenvalue weighted by Crippen LogP contribution is -2.16. The summed E-state index contributed by atoms with van der Waals surface area (Å²) in [5.41, 5.74) is 16.2. The van der Waals surface area contributed by atoms with Crippen molar-refractivity contribution in [3.8, 4) is 33.4 Å². The number of anilines is 3. The second kappa shape index (κ2) is 12.4. The highest BCUT2D eigenvalue weighted by Crippen LogP contribution is 2.50. The molecule has 0 fully saturated rings. The van der Waals surface area contributed by atoms with Crippen molar-refractivity contribution in [1.82, 2.24) is 4.57 Å². The highest BCUT2D eigenvalue weighted by molar-refractivity contribution is 6.09. The second-order valence-electron chi connectivity index (χ2n) is 14.9. The third kappa shape index (κ3) is 5.17. The number of para-hydroxylation sites is 1. The molecule has 1 heterocycles. The molecule has 2 nitrogen and oxygen atoms in total. The maximum absolute atomic E-state index is 2.51. The van der Waals surface area contributed by atoms with E-state index in [0.29, 0.717) is 6.04 Å². The Hall–Kier alpha value is -6.38. The zero-order chi connectivity index (χ0) is 35.5. The summed E-state index contributed by atoms with van der Waals surface area (Å²) in [6.45, 7) is 4.71. The first-order valence-corrected chi connectivity index (χ1v) is 18.7. The zero-order valence-corrected chi connectivity index (χ0v) is 30.1. The van der Waals surface area contributed by atoms with Crippen LogP contribution in [0.3, 0.4) is 0 Å². The molecule has 0 bridgehead atoms. The third-order valence-electron chi connectivity index (χ3n) is 11.5. The number of hydrogen-bond donors (Lipinski definition) is 0. The van der Waals surface area contributed by atoms with E-state index in [-0.39, 0.29) is 5.41 Å². The van der Waals surface area contributed by atoms with Crippen LogP contribution in [0.5, 0.6) is 0 Å². The van der Waals surface area contributed by atoms with Crippen LogP contribution in [0, 0.1) is 0 Å². The van der Waals surface area contributed by atoms with Crippen molar-refractivity contribution in [2.45, 2.75) is 31.7 Å². The molecule has 2 aliphatic carbocycles. The van der Waals surface area contributed by atoms with Crippen LogP contribution < -0.4 is 4.90 Å². The van der Waals surface area contributed by atoms with Gasteiger partial charge in [0.15, 0.2) is 0 Å². The number of allylic oxidation sites excluding steroid dienone is 4. The Morgan fingerprint density at radius 2 is 1.09 bits per heavy atom. The van der Waals surface area contributed by atoms with E-state index in [4.69, 9.17) is 0 Å². The predicted molar refractivity (Wildman–Crippen MR) is 224 cm³/mol. The molecule has 1 aromatic heterocycles. The van der Waals surface area contributed by atoms with E-state index < -0.39 is 0 Å². The van der Waals surface area contributed by atoms with E-state index in [2.05, 4.69) is 211 Å². The van der Waals surface area contributed by atoms with Crippen LogP contribution >= 0.6 is 0 Å². The quantitative estimate of drug-likeness (QED) is 0.170. The molecule has 7 aromatic carbocycles. The van der Waals surface area contributed by atoms with Gasteiger partial charge in [-0.1, -0.05) is 147 Å². The van der Waals surface area contributed by atoms with E-state index in [1.807, 2.05) is 0 Å². The van der Waals surface area contributed by atoms with E-state index in [1.165, 1.54) is 66.3 Å². The van der Waals surface area contributed by atoms with E-state index in [1.54, 1.807) is 0 Å². The summed E-state index contributed by atoms with van der Waals surface area (Å²) >= 11 is 0. The highest BCUT2D eigenvalue weighted by Gasteiger charge is 2.35. The Balaban J connectivity index is 1.06. The molecule has 0 aliphatic heterocycles. The summed E-state index contributed by atoms with van der Waals surface area (Å²) in [7, 11) is 0. The molecule has 10 rings (SSSR count). The van der Waals surface area contributed by atoms with Crippen LogP contribution in [0.15, 0.2) is 188 Å². The molecule has 0 amide bonds. The monoisotopic (exact) mass is 680 g/mol. The largest absolute Gasteiger partial charge is 0.333 e. The minimum Gasteiger partial charge on any atom is -0.333 e. The minimum atomic E-state index is -0.0830. The van der Waals surface area contributed by atoms with Gasteiger partial charge in [0.05, 0.1) is 6.04 Å². The summed E-state index contributed by atoms with van der Waals surface area (Å²) in [6.07, 6.45) is 9.92. The van der Waals surface area contributed by atoms with Gasteiger partial charge in [-0.05, 0) is 106 Å². The molecular weight excluding hydrogens is 641 g/mol. The Kier molecular flexibility index (Phi) is 7.33. The lowest BCUT2D eigenvalue weighted by molar-refractivity contribution is 0.648. The van der Waals surface area contributed by atoms with Gasteiger partial charge in [0, 0.05) is 44.3 Å². The molecular formula is C51H40N2. The van der Waals surface area contributed by atoms with Crippen LogP contribution in [0.4, 0.5) is 17.1 Å². The van der Waals surface area contributed by atoms with Gasteiger partial charge in [0.1, 0.15) is 0 Å². The SMILES string of the molecule is CC1(C)c2ccccc2-c2ccc(N(c3ccc(-c4ccccc4)cc3)c3ccc(-c4ccc5c(c4)c4ccccc4n5C4C=CC=CC4)cc3)cc21. The number of hydrogen-bond acceptors (Lipinski definition) is 1. The van der Waals surface area contributed by atoms with Gasteiger partial charge < -0.3 is 9.47 Å². The zero-order valence-electron chi connectivity index (χ0n) is 30.1. The fraction of sp³-hybridized carbons (Fsp3) is 0.0980. The first kappa shape index (κ1) is 31.4. The van der Waals surface area contributed by atoms with Crippen LogP contribution in [-0.2, 0) is 5.41 Å². The smallest absolute Gasteiger partial charge is 0.0560 e. The Labute approximate surface area is 311 Å². The van der Waals surface area contributed by atoms with Crippen molar-refractivity contribution in [2.24, 2.45) is 0 Å². The highest BCUT2D eigenvalue weighted by atomic mass is 15.1. The van der Waals surface area contributed by atoms with E-state index in [0.717, 1.165) is 23.5 Å². The lowest BCUT2D eigenvalue weighted by Gasteiger charge is -2.28. The van der Waals surface area contributed by atoms with Gasteiger partial charge in [-0.3, -0.25) is 0 Å². The molecule has 0 radical (unpaired) electrons. The van der Waals surface area contributed by atoms with Gasteiger partial charge in [0.2, 0.25) is 0 Å². The summed E-state index contributed by atoms with van der Waals surface area (Å²) in [4.78, 5) is 2.40. The Morgan fingerprint density at radius 1 is 0.491 bits per heavy atom. The Bertz CT molecular complexity index is 2710. The number of rotatable bonds is 6. The van der Waals surface area contributed by atoms with Gasteiger partial charge in [-0.15, -0.1) is 0 Å². The number of fused-ring (bicyclic) bond motifs is 6. The van der Waals surface area contributed by atoms with Crippen LogP contribution in [0.1, 0.15) is 37.4 Å². The van der Waals surface area contributed by atoms with Gasteiger partial charge in [-0.25, -0.2) is 0 Å². The predicted octanol–water partition coefficient (Wildman–Crippen LogP) is 14.0. The molecule has 0 spiro atoms. The van der Waals surface area contributed by atoms with Crippen molar-refractivity contribution in [2.75, 3.05) is 4.90 Å². The van der Waals surface area contributed by atoms with Crippen LogP contribution in [0.2, 0.25) is 0 Å². The molecule has 1 atom stereocenters. The van der Waals surface area contributed by atoms with Crippen molar-refractivity contribution < 1.29 is 0 Å². The summed E-state index contributed by atoms with van der Waals surface area (Å²) < 4.78 is 2.51. The number of nitrogens with zero attached hydrogens (tertiary/aromatic N) is 2. The topological polar surface area (TPSA) is 8.17 Å². The summed E-state index contributed by atoms with van der Waals surface area (Å²) in [5, 5.41) is 2.60. The fourth-order valence-electron chi connectivity index (χ4n) is 8.81. The first-order chi connectivity index (χ1) is 26.0. The molecule has 53 heavy (non-hydrogen) atoms. The standard InChI is InChI=1S/C51H40N2/c1-51(2)47-19-11-9-17-43(47)44-31-30-42(34-48(44)51)52(40-26-21-36(22-27-40)35-13-5-3-6-14-35)41-28-23-37(24-29-41)38-25-32-50-46(33-38)45-18-10-12-20-49(45)53(50)39-15-7-4-8-16-39/h3-15,17-34,39H,16H2,1-2H3. The molecule has 0 N–H and O–H groups in total. The molecule has 2 aliphatic rings. The molecule has 254 valence electrons. The normalized spacial score (nSPS) is 15.5.